The minimum Gasteiger partial charge on any atom is -0.381 e. The van der Waals surface area contributed by atoms with Gasteiger partial charge in [0.05, 0.1) is 0 Å². The van der Waals surface area contributed by atoms with Gasteiger partial charge in [0.2, 0.25) is 0 Å². The third kappa shape index (κ3) is 2.98. The van der Waals surface area contributed by atoms with E-state index in [1.807, 2.05) is 0 Å². The maximum atomic E-state index is 5.44. The molecule has 1 heterocycles. The summed E-state index contributed by atoms with van der Waals surface area (Å²) in [5.41, 5.74) is 0.619. The summed E-state index contributed by atoms with van der Waals surface area (Å²) in [6.45, 7) is 9.00. The molecule has 1 fully saturated rings. The lowest BCUT2D eigenvalue weighted by Gasteiger charge is -2.38. The van der Waals surface area contributed by atoms with Crippen molar-refractivity contribution < 1.29 is 4.74 Å². The molecule has 1 aliphatic heterocycles. The second-order valence-electron chi connectivity index (χ2n) is 4.68. The van der Waals surface area contributed by atoms with Gasteiger partial charge < -0.3 is 4.74 Å². The number of ether oxygens (including phenoxy) is 1. The molecule has 0 N–H and O–H groups in total. The molecule has 13 heavy (non-hydrogen) atoms. The first-order valence-electron chi connectivity index (χ1n) is 5.80. The average molecular weight is 184 g/mol. The highest BCUT2D eigenvalue weighted by molar-refractivity contribution is 4.82. The van der Waals surface area contributed by atoms with Gasteiger partial charge in [-0.05, 0) is 30.6 Å². The van der Waals surface area contributed by atoms with Crippen LogP contribution >= 0.6 is 0 Å². The summed E-state index contributed by atoms with van der Waals surface area (Å²) in [6, 6.07) is 0. The molecule has 1 unspecified atom stereocenters. The summed E-state index contributed by atoms with van der Waals surface area (Å²) in [5, 5.41) is 0. The van der Waals surface area contributed by atoms with Crippen LogP contribution in [0, 0.1) is 11.3 Å². The van der Waals surface area contributed by atoms with Gasteiger partial charge in [-0.3, -0.25) is 0 Å². The van der Waals surface area contributed by atoms with Crippen LogP contribution < -0.4 is 0 Å². The van der Waals surface area contributed by atoms with E-state index in [0.29, 0.717) is 5.41 Å². The molecule has 0 saturated carbocycles. The molecule has 0 aromatic heterocycles. The van der Waals surface area contributed by atoms with Crippen molar-refractivity contribution in [1.29, 1.82) is 0 Å². The highest BCUT2D eigenvalue weighted by Crippen LogP contribution is 2.40. The van der Waals surface area contributed by atoms with Crippen LogP contribution in [0.15, 0.2) is 0 Å². The Balaban J connectivity index is 2.47. The van der Waals surface area contributed by atoms with Crippen LogP contribution in [0.25, 0.3) is 0 Å². The van der Waals surface area contributed by atoms with Gasteiger partial charge in [-0.25, -0.2) is 0 Å². The number of hydrogen-bond acceptors (Lipinski definition) is 1. The zero-order valence-corrected chi connectivity index (χ0v) is 9.44. The van der Waals surface area contributed by atoms with Gasteiger partial charge in [0, 0.05) is 13.2 Å². The van der Waals surface area contributed by atoms with E-state index in [-0.39, 0.29) is 0 Å². The van der Waals surface area contributed by atoms with Crippen molar-refractivity contribution in [1.82, 2.24) is 0 Å². The predicted molar refractivity (Wildman–Crippen MR) is 56.8 cm³/mol. The molecule has 78 valence electrons. The summed E-state index contributed by atoms with van der Waals surface area (Å²) in [6.07, 6.45) is 6.63. The van der Waals surface area contributed by atoms with Crippen molar-refractivity contribution in [3.8, 4) is 0 Å². The van der Waals surface area contributed by atoms with Crippen molar-refractivity contribution in [3.63, 3.8) is 0 Å². The van der Waals surface area contributed by atoms with E-state index < -0.39 is 0 Å². The van der Waals surface area contributed by atoms with Gasteiger partial charge in [-0.2, -0.15) is 0 Å². The van der Waals surface area contributed by atoms with E-state index in [1.54, 1.807) is 0 Å². The van der Waals surface area contributed by atoms with Gasteiger partial charge in [-0.15, -0.1) is 0 Å². The molecule has 0 aromatic carbocycles. The summed E-state index contributed by atoms with van der Waals surface area (Å²) in [5.74, 6) is 0.887. The molecule has 0 amide bonds. The van der Waals surface area contributed by atoms with Gasteiger partial charge in [0.1, 0.15) is 0 Å². The molecule has 1 atom stereocenters. The summed E-state index contributed by atoms with van der Waals surface area (Å²) in [4.78, 5) is 0. The second kappa shape index (κ2) is 4.99. The first kappa shape index (κ1) is 11.0. The smallest absolute Gasteiger partial charge is 0.0471 e. The van der Waals surface area contributed by atoms with E-state index in [0.717, 1.165) is 19.1 Å². The molecule has 1 rings (SSSR count). The van der Waals surface area contributed by atoms with Crippen molar-refractivity contribution in [2.45, 2.75) is 52.9 Å². The van der Waals surface area contributed by atoms with Crippen LogP contribution in [-0.2, 0) is 4.74 Å². The SMILES string of the molecule is CCC(C)CC1(CC)CCOCC1. The maximum absolute atomic E-state index is 5.44. The highest BCUT2D eigenvalue weighted by Gasteiger charge is 2.31. The Hall–Kier alpha value is -0.0400. The fourth-order valence-corrected chi connectivity index (χ4v) is 2.39. The average Bonchev–Trinajstić information content (AvgIpc) is 2.19. The van der Waals surface area contributed by atoms with E-state index in [4.69, 9.17) is 4.74 Å². The topological polar surface area (TPSA) is 9.23 Å². The first-order valence-corrected chi connectivity index (χ1v) is 5.80. The number of rotatable bonds is 4. The Morgan fingerprint density at radius 3 is 2.31 bits per heavy atom. The second-order valence-corrected chi connectivity index (χ2v) is 4.68. The van der Waals surface area contributed by atoms with Crippen molar-refractivity contribution >= 4 is 0 Å². The molecule has 1 saturated heterocycles. The lowest BCUT2D eigenvalue weighted by molar-refractivity contribution is 0.000480. The van der Waals surface area contributed by atoms with Crippen LogP contribution in [0.5, 0.6) is 0 Å². The fraction of sp³-hybridized carbons (Fsp3) is 1.00. The third-order valence-electron chi connectivity index (χ3n) is 3.78. The molecule has 0 radical (unpaired) electrons. The minimum atomic E-state index is 0.619. The molecule has 0 spiro atoms. The molecule has 1 nitrogen and oxygen atoms in total. The van der Waals surface area contributed by atoms with E-state index in [2.05, 4.69) is 20.8 Å². The predicted octanol–water partition coefficient (Wildman–Crippen LogP) is 3.63. The summed E-state index contributed by atoms with van der Waals surface area (Å²) in [7, 11) is 0. The zero-order valence-electron chi connectivity index (χ0n) is 9.44. The van der Waals surface area contributed by atoms with Crippen molar-refractivity contribution in [3.05, 3.63) is 0 Å². The van der Waals surface area contributed by atoms with Crippen molar-refractivity contribution in [2.24, 2.45) is 11.3 Å². The Morgan fingerprint density at radius 1 is 1.23 bits per heavy atom. The summed E-state index contributed by atoms with van der Waals surface area (Å²) >= 11 is 0. The largest absolute Gasteiger partial charge is 0.381 e. The van der Waals surface area contributed by atoms with E-state index >= 15 is 0 Å². The first-order chi connectivity index (χ1) is 6.22. The Bertz CT molecular complexity index is 136. The van der Waals surface area contributed by atoms with E-state index in [1.165, 1.54) is 32.1 Å². The Morgan fingerprint density at radius 2 is 1.85 bits per heavy atom. The molecule has 0 aliphatic carbocycles. The van der Waals surface area contributed by atoms with Gasteiger partial charge in [-0.1, -0.05) is 33.6 Å². The summed E-state index contributed by atoms with van der Waals surface area (Å²) < 4.78 is 5.44. The van der Waals surface area contributed by atoms with Crippen LogP contribution in [0.4, 0.5) is 0 Å². The van der Waals surface area contributed by atoms with Gasteiger partial charge in [0.25, 0.3) is 0 Å². The monoisotopic (exact) mass is 184 g/mol. The molecule has 0 bridgehead atoms. The third-order valence-corrected chi connectivity index (χ3v) is 3.78. The zero-order chi connectivity index (χ0) is 9.73. The standard InChI is InChI=1S/C12H24O/c1-4-11(3)10-12(5-2)6-8-13-9-7-12/h11H,4-10H2,1-3H3. The minimum absolute atomic E-state index is 0.619. The maximum Gasteiger partial charge on any atom is 0.0471 e. The van der Waals surface area contributed by atoms with Crippen LogP contribution in [0.1, 0.15) is 52.9 Å². The lowest BCUT2D eigenvalue weighted by Crippen LogP contribution is -2.30. The Labute approximate surface area is 82.9 Å². The van der Waals surface area contributed by atoms with Gasteiger partial charge in [0.15, 0.2) is 0 Å². The molecule has 0 aromatic rings. The van der Waals surface area contributed by atoms with E-state index in [9.17, 15) is 0 Å². The quantitative estimate of drug-likeness (QED) is 0.648. The number of hydrogen-bond donors (Lipinski definition) is 0. The van der Waals surface area contributed by atoms with Crippen molar-refractivity contribution in [2.75, 3.05) is 13.2 Å². The van der Waals surface area contributed by atoms with Crippen LogP contribution in [0.2, 0.25) is 0 Å². The lowest BCUT2D eigenvalue weighted by atomic mass is 9.71. The molecular formula is C12H24O. The van der Waals surface area contributed by atoms with Crippen LogP contribution in [0.3, 0.4) is 0 Å². The molecule has 1 heteroatoms. The van der Waals surface area contributed by atoms with Gasteiger partial charge >= 0.3 is 0 Å². The van der Waals surface area contributed by atoms with Crippen LogP contribution in [-0.4, -0.2) is 13.2 Å². The highest BCUT2D eigenvalue weighted by atomic mass is 16.5. The fourth-order valence-electron chi connectivity index (χ4n) is 2.39. The normalized spacial score (nSPS) is 24.2. The molecule has 1 aliphatic rings. The Kier molecular flexibility index (Phi) is 4.24. The molecular weight excluding hydrogens is 160 g/mol.